The Balaban J connectivity index is 4.43. The summed E-state index contributed by atoms with van der Waals surface area (Å²) in [6.07, 6.45) is 36.5. The number of phosphoric ester groups is 1. The van der Waals surface area contributed by atoms with Crippen LogP contribution in [0.15, 0.2) is 24.3 Å². The van der Waals surface area contributed by atoms with Gasteiger partial charge in [-0.2, -0.15) is 0 Å². The first-order valence-electron chi connectivity index (χ1n) is 21.0. The van der Waals surface area contributed by atoms with E-state index >= 15 is 0 Å². The number of hydrogen-bond acceptors (Lipinski definition) is 8. The predicted molar refractivity (Wildman–Crippen MR) is 213 cm³/mol. The van der Waals surface area contributed by atoms with Crippen LogP contribution in [-0.2, 0) is 32.7 Å². The quantitative estimate of drug-likeness (QED) is 0.0201. The van der Waals surface area contributed by atoms with E-state index in [9.17, 15) is 19.0 Å². The molecule has 10 heteroatoms. The van der Waals surface area contributed by atoms with Crippen LogP contribution in [0.5, 0.6) is 0 Å². The van der Waals surface area contributed by atoms with E-state index in [2.05, 4.69) is 26.0 Å². The maximum Gasteiger partial charge on any atom is 0.306 e. The molecule has 0 N–H and O–H groups in total. The molecule has 52 heavy (non-hydrogen) atoms. The van der Waals surface area contributed by atoms with Gasteiger partial charge in [0.2, 0.25) is 0 Å². The fourth-order valence-corrected chi connectivity index (χ4v) is 6.38. The number of hydrogen-bond donors (Lipinski definition) is 0. The van der Waals surface area contributed by atoms with Crippen LogP contribution >= 0.6 is 7.82 Å². The summed E-state index contributed by atoms with van der Waals surface area (Å²) in [7, 11) is 1.14. The molecular formula is C42H80NO8P. The highest BCUT2D eigenvalue weighted by Gasteiger charge is 2.21. The molecule has 0 aromatic rings. The Morgan fingerprint density at radius 1 is 0.596 bits per heavy atom. The smallest absolute Gasteiger partial charge is 0.306 e. The minimum Gasteiger partial charge on any atom is -0.756 e. The average molecular weight is 758 g/mol. The van der Waals surface area contributed by atoms with E-state index < -0.39 is 32.5 Å². The standard InChI is InChI=1S/C42H80NO8P/c1-6-8-10-12-14-16-18-20-21-23-24-26-28-30-32-34-41(44)48-38-40(39-50-52(46,47)49-37-36-43(3,4)5)51-42(45)35-33-31-29-27-25-22-19-17-15-13-11-9-7-2/h22,25,29,31,40H,6-21,23-24,26-28,30,32-39H2,1-5H3/b25-22+,31-29+. The molecule has 9 nitrogen and oxygen atoms in total. The first kappa shape index (κ1) is 50.5. The summed E-state index contributed by atoms with van der Waals surface area (Å²) in [5.41, 5.74) is 0. The van der Waals surface area contributed by atoms with Crippen LogP contribution in [0.1, 0.15) is 181 Å². The van der Waals surface area contributed by atoms with Crippen molar-refractivity contribution in [1.29, 1.82) is 0 Å². The van der Waals surface area contributed by atoms with Gasteiger partial charge in [-0.05, 0) is 32.1 Å². The van der Waals surface area contributed by atoms with Gasteiger partial charge in [0.15, 0.2) is 6.10 Å². The Labute approximate surface area is 319 Å². The number of likely N-dealkylation sites (N-methyl/N-ethyl adjacent to an activating group) is 1. The highest BCUT2D eigenvalue weighted by atomic mass is 31.2. The van der Waals surface area contributed by atoms with E-state index in [0.29, 0.717) is 17.4 Å². The van der Waals surface area contributed by atoms with Crippen LogP contribution in [-0.4, -0.2) is 70.0 Å². The normalized spacial score (nSPS) is 13.9. The number of quaternary nitrogens is 1. The fourth-order valence-electron chi connectivity index (χ4n) is 5.65. The van der Waals surface area contributed by atoms with E-state index in [1.165, 1.54) is 116 Å². The van der Waals surface area contributed by atoms with Gasteiger partial charge in [-0.3, -0.25) is 14.2 Å². The average Bonchev–Trinajstić information content (AvgIpc) is 3.09. The molecular weight excluding hydrogens is 677 g/mol. The second-order valence-electron chi connectivity index (χ2n) is 15.4. The van der Waals surface area contributed by atoms with Crippen LogP contribution in [0, 0.1) is 0 Å². The minimum atomic E-state index is -4.63. The van der Waals surface area contributed by atoms with Gasteiger partial charge in [0.05, 0.1) is 27.7 Å². The van der Waals surface area contributed by atoms with Crippen molar-refractivity contribution in [3.05, 3.63) is 24.3 Å². The lowest BCUT2D eigenvalue weighted by molar-refractivity contribution is -0.870. The number of rotatable bonds is 38. The van der Waals surface area contributed by atoms with Gasteiger partial charge in [-0.25, -0.2) is 0 Å². The van der Waals surface area contributed by atoms with E-state index in [-0.39, 0.29) is 26.1 Å². The molecule has 2 unspecified atom stereocenters. The van der Waals surface area contributed by atoms with E-state index in [4.69, 9.17) is 18.5 Å². The molecule has 0 aliphatic rings. The first-order valence-corrected chi connectivity index (χ1v) is 22.5. The zero-order chi connectivity index (χ0) is 38.6. The SMILES string of the molecule is CCCCCCCC/C=C/C/C=C/CCC(=O)OC(COC(=O)CCCCCCCCCCCCCCCCC)COP(=O)([O-])OCC[N+](C)(C)C. The Bertz CT molecular complexity index is 949. The molecule has 0 saturated heterocycles. The zero-order valence-electron chi connectivity index (χ0n) is 34.3. The number of unbranched alkanes of at least 4 members (excludes halogenated alkanes) is 20. The zero-order valence-corrected chi connectivity index (χ0v) is 35.2. The lowest BCUT2D eigenvalue weighted by Crippen LogP contribution is -2.37. The molecule has 0 heterocycles. The Hall–Kier alpha value is -1.51. The molecule has 0 radical (unpaired) electrons. The highest BCUT2D eigenvalue weighted by molar-refractivity contribution is 7.45. The summed E-state index contributed by atoms with van der Waals surface area (Å²) in [6.45, 7) is 4.16. The van der Waals surface area contributed by atoms with E-state index in [1.54, 1.807) is 0 Å². The molecule has 0 amide bonds. The maximum atomic E-state index is 12.6. The van der Waals surface area contributed by atoms with Gasteiger partial charge in [0.25, 0.3) is 7.82 Å². The van der Waals surface area contributed by atoms with Crippen molar-refractivity contribution in [2.24, 2.45) is 0 Å². The van der Waals surface area contributed by atoms with Crippen LogP contribution in [0.3, 0.4) is 0 Å². The second kappa shape index (κ2) is 35.2. The Morgan fingerprint density at radius 3 is 1.60 bits per heavy atom. The number of nitrogens with zero attached hydrogens (tertiary/aromatic N) is 1. The Kier molecular flexibility index (Phi) is 34.2. The molecule has 0 fully saturated rings. The minimum absolute atomic E-state index is 0.0382. The largest absolute Gasteiger partial charge is 0.756 e. The lowest BCUT2D eigenvalue weighted by Gasteiger charge is -2.28. The number of allylic oxidation sites excluding steroid dienone is 4. The van der Waals surface area contributed by atoms with Crippen LogP contribution in [0.4, 0.5) is 0 Å². The molecule has 0 aliphatic carbocycles. The Morgan fingerprint density at radius 2 is 1.08 bits per heavy atom. The van der Waals surface area contributed by atoms with E-state index in [1.807, 2.05) is 33.3 Å². The predicted octanol–water partition coefficient (Wildman–Crippen LogP) is 10.9. The monoisotopic (exact) mass is 758 g/mol. The van der Waals surface area contributed by atoms with Gasteiger partial charge >= 0.3 is 11.9 Å². The molecule has 0 aliphatic heterocycles. The topological polar surface area (TPSA) is 111 Å². The van der Waals surface area contributed by atoms with Crippen LogP contribution in [0.2, 0.25) is 0 Å². The molecule has 306 valence electrons. The van der Waals surface area contributed by atoms with Crippen molar-refractivity contribution >= 4 is 19.8 Å². The van der Waals surface area contributed by atoms with Crippen molar-refractivity contribution < 1.29 is 42.1 Å². The third kappa shape index (κ3) is 38.2. The molecule has 0 spiro atoms. The van der Waals surface area contributed by atoms with Crippen molar-refractivity contribution in [1.82, 2.24) is 0 Å². The number of carbonyl (C=O) groups excluding carboxylic acids is 2. The summed E-state index contributed by atoms with van der Waals surface area (Å²) >= 11 is 0. The van der Waals surface area contributed by atoms with Crippen molar-refractivity contribution in [2.45, 2.75) is 187 Å². The summed E-state index contributed by atoms with van der Waals surface area (Å²) in [5.74, 6) is -0.908. The van der Waals surface area contributed by atoms with Gasteiger partial charge in [-0.1, -0.05) is 160 Å². The number of carbonyl (C=O) groups is 2. The number of esters is 2. The second-order valence-corrected chi connectivity index (χ2v) is 16.8. The van der Waals surface area contributed by atoms with Gasteiger partial charge in [0.1, 0.15) is 19.8 Å². The molecule has 0 bridgehead atoms. The van der Waals surface area contributed by atoms with Gasteiger partial charge in [0, 0.05) is 12.8 Å². The van der Waals surface area contributed by atoms with Gasteiger partial charge < -0.3 is 27.9 Å². The molecule has 0 aromatic heterocycles. The summed E-state index contributed by atoms with van der Waals surface area (Å²) in [5, 5.41) is 0. The van der Waals surface area contributed by atoms with E-state index in [0.717, 1.165) is 32.1 Å². The third-order valence-electron chi connectivity index (χ3n) is 8.99. The highest BCUT2D eigenvalue weighted by Crippen LogP contribution is 2.38. The number of phosphoric acid groups is 1. The molecule has 0 saturated carbocycles. The fraction of sp³-hybridized carbons (Fsp3) is 0.857. The summed E-state index contributed by atoms with van der Waals surface area (Å²) in [6, 6.07) is 0. The summed E-state index contributed by atoms with van der Waals surface area (Å²) in [4.78, 5) is 37.4. The maximum absolute atomic E-state index is 12.6. The lowest BCUT2D eigenvalue weighted by atomic mass is 10.0. The van der Waals surface area contributed by atoms with Crippen molar-refractivity contribution in [3.63, 3.8) is 0 Å². The van der Waals surface area contributed by atoms with Crippen LogP contribution < -0.4 is 4.89 Å². The molecule has 0 aromatic carbocycles. The summed E-state index contributed by atoms with van der Waals surface area (Å²) < 4.78 is 33.7. The van der Waals surface area contributed by atoms with Crippen molar-refractivity contribution in [3.8, 4) is 0 Å². The first-order chi connectivity index (χ1) is 25.0. The third-order valence-corrected chi connectivity index (χ3v) is 9.95. The number of ether oxygens (including phenoxy) is 2. The van der Waals surface area contributed by atoms with Crippen molar-refractivity contribution in [2.75, 3.05) is 47.5 Å². The van der Waals surface area contributed by atoms with Gasteiger partial charge in [-0.15, -0.1) is 0 Å². The molecule has 0 rings (SSSR count). The molecule has 2 atom stereocenters. The van der Waals surface area contributed by atoms with Crippen LogP contribution in [0.25, 0.3) is 0 Å².